The molecule has 0 amide bonds. The summed E-state index contributed by atoms with van der Waals surface area (Å²) in [6.07, 6.45) is -3.47. The van der Waals surface area contributed by atoms with Gasteiger partial charge in [0.15, 0.2) is 0 Å². The lowest BCUT2D eigenvalue weighted by molar-refractivity contribution is -0.146. The van der Waals surface area contributed by atoms with Gasteiger partial charge in [0.25, 0.3) is 5.82 Å². The average Bonchev–Trinajstić information content (AvgIpc) is 2.71. The Morgan fingerprint density at radius 1 is 1.25 bits per heavy atom. The van der Waals surface area contributed by atoms with Crippen LogP contribution in [0, 0.1) is 0 Å². The van der Waals surface area contributed by atoms with Gasteiger partial charge in [0.05, 0.1) is 5.41 Å². The molecule has 1 rings (SSSR count). The minimum absolute atomic E-state index is 0.0349. The van der Waals surface area contributed by atoms with E-state index in [1.807, 2.05) is 13.8 Å². The highest BCUT2D eigenvalue weighted by molar-refractivity contribution is 5.06. The van der Waals surface area contributed by atoms with Crippen LogP contribution in [0.5, 0.6) is 0 Å². The molecule has 92 valence electrons. The van der Waals surface area contributed by atoms with E-state index < -0.39 is 17.4 Å². The van der Waals surface area contributed by atoms with Crippen LogP contribution in [0.15, 0.2) is 4.52 Å². The van der Waals surface area contributed by atoms with Gasteiger partial charge in [0.2, 0.25) is 5.89 Å². The summed E-state index contributed by atoms with van der Waals surface area (Å²) in [7, 11) is 0. The molecule has 1 aromatic heterocycles. The van der Waals surface area contributed by atoms with Crippen molar-refractivity contribution in [2.45, 2.75) is 38.3 Å². The van der Waals surface area contributed by atoms with Gasteiger partial charge in [-0.2, -0.15) is 18.2 Å². The second kappa shape index (κ2) is 4.40. The van der Waals surface area contributed by atoms with Crippen LogP contribution in [-0.2, 0) is 11.6 Å². The Balaban J connectivity index is 3.09. The van der Waals surface area contributed by atoms with Crippen molar-refractivity contribution in [1.82, 2.24) is 10.1 Å². The topological polar surface area (TPSA) is 64.9 Å². The second-order valence-electron chi connectivity index (χ2n) is 3.61. The van der Waals surface area contributed by atoms with Crippen molar-refractivity contribution in [2.75, 3.05) is 6.54 Å². The van der Waals surface area contributed by atoms with Crippen LogP contribution < -0.4 is 5.73 Å². The van der Waals surface area contributed by atoms with E-state index >= 15 is 0 Å². The quantitative estimate of drug-likeness (QED) is 0.870. The van der Waals surface area contributed by atoms with Crippen LogP contribution in [0.4, 0.5) is 13.2 Å². The van der Waals surface area contributed by atoms with Crippen LogP contribution in [-0.4, -0.2) is 16.7 Å². The SMILES string of the molecule is CCC(CC)(CN)c1nc(C(F)(F)F)no1. The van der Waals surface area contributed by atoms with Gasteiger partial charge in [0.1, 0.15) is 0 Å². The Hall–Kier alpha value is -1.11. The molecule has 0 unspecified atom stereocenters. The van der Waals surface area contributed by atoms with Crippen LogP contribution in [0.2, 0.25) is 0 Å². The maximum atomic E-state index is 12.3. The Morgan fingerprint density at radius 2 is 1.81 bits per heavy atom. The van der Waals surface area contributed by atoms with E-state index in [2.05, 4.69) is 14.7 Å². The molecule has 0 spiro atoms. The number of rotatable bonds is 4. The van der Waals surface area contributed by atoms with Crippen molar-refractivity contribution in [3.05, 3.63) is 11.7 Å². The summed E-state index contributed by atoms with van der Waals surface area (Å²) < 4.78 is 41.5. The molecule has 0 aromatic carbocycles. The molecule has 0 aliphatic heterocycles. The first-order chi connectivity index (χ1) is 7.39. The monoisotopic (exact) mass is 237 g/mol. The number of aromatic nitrogens is 2. The summed E-state index contributed by atoms with van der Waals surface area (Å²) in [6.45, 7) is 3.83. The third-order valence-electron chi connectivity index (χ3n) is 2.88. The summed E-state index contributed by atoms with van der Waals surface area (Å²) >= 11 is 0. The number of nitrogens with two attached hydrogens (primary N) is 1. The van der Waals surface area contributed by atoms with Gasteiger partial charge in [-0.05, 0) is 12.8 Å². The lowest BCUT2D eigenvalue weighted by atomic mass is 9.82. The summed E-state index contributed by atoms with van der Waals surface area (Å²) in [5.41, 5.74) is 4.91. The predicted octanol–water partition coefficient (Wildman–Crippen LogP) is 2.10. The van der Waals surface area contributed by atoms with E-state index in [9.17, 15) is 13.2 Å². The number of hydrogen-bond acceptors (Lipinski definition) is 4. The predicted molar refractivity (Wildman–Crippen MR) is 50.6 cm³/mol. The normalized spacial score (nSPS) is 13.1. The molecule has 4 nitrogen and oxygen atoms in total. The summed E-state index contributed by atoms with van der Waals surface area (Å²) in [5.74, 6) is -1.28. The van der Waals surface area contributed by atoms with Crippen LogP contribution in [0.1, 0.15) is 38.4 Å². The first kappa shape index (κ1) is 13.0. The fraction of sp³-hybridized carbons (Fsp3) is 0.778. The molecule has 0 radical (unpaired) electrons. The number of hydrogen-bond donors (Lipinski definition) is 1. The fourth-order valence-electron chi connectivity index (χ4n) is 1.48. The highest BCUT2D eigenvalue weighted by Gasteiger charge is 2.41. The Morgan fingerprint density at radius 3 is 2.12 bits per heavy atom. The largest absolute Gasteiger partial charge is 0.455 e. The highest BCUT2D eigenvalue weighted by Crippen LogP contribution is 2.32. The maximum Gasteiger partial charge on any atom is 0.455 e. The van der Waals surface area contributed by atoms with Gasteiger partial charge in [-0.15, -0.1) is 0 Å². The Kier molecular flexibility index (Phi) is 3.57. The van der Waals surface area contributed by atoms with E-state index in [1.54, 1.807) is 0 Å². The molecule has 0 saturated carbocycles. The molecular weight excluding hydrogens is 223 g/mol. The van der Waals surface area contributed by atoms with Crippen molar-refractivity contribution in [2.24, 2.45) is 5.73 Å². The van der Waals surface area contributed by atoms with Crippen molar-refractivity contribution < 1.29 is 17.7 Å². The number of nitrogens with zero attached hydrogens (tertiary/aromatic N) is 2. The van der Waals surface area contributed by atoms with Gasteiger partial charge in [-0.1, -0.05) is 19.0 Å². The standard InChI is InChI=1S/C9H14F3N3O/c1-3-8(4-2,5-13)7-14-6(15-16-7)9(10,11)12/h3-5,13H2,1-2H3. The minimum Gasteiger partial charge on any atom is -0.338 e. The molecule has 1 aromatic rings. The molecule has 0 aliphatic carbocycles. The van der Waals surface area contributed by atoms with Gasteiger partial charge < -0.3 is 10.3 Å². The molecule has 0 bridgehead atoms. The molecule has 0 fully saturated rings. The van der Waals surface area contributed by atoms with Crippen molar-refractivity contribution >= 4 is 0 Å². The van der Waals surface area contributed by atoms with Gasteiger partial charge >= 0.3 is 6.18 Å². The Bertz CT molecular complexity index is 336. The molecule has 2 N–H and O–H groups in total. The fourth-order valence-corrected chi connectivity index (χ4v) is 1.48. The first-order valence-electron chi connectivity index (χ1n) is 5.01. The molecule has 0 atom stereocenters. The van der Waals surface area contributed by atoms with E-state index in [4.69, 9.17) is 5.73 Å². The van der Waals surface area contributed by atoms with Crippen molar-refractivity contribution in [3.63, 3.8) is 0 Å². The third-order valence-corrected chi connectivity index (χ3v) is 2.88. The number of halogens is 3. The number of alkyl halides is 3. The lowest BCUT2D eigenvalue weighted by Crippen LogP contribution is -2.34. The lowest BCUT2D eigenvalue weighted by Gasteiger charge is -2.24. The highest BCUT2D eigenvalue weighted by atomic mass is 19.4. The molecule has 1 heterocycles. The zero-order valence-corrected chi connectivity index (χ0v) is 9.14. The molecule has 7 heteroatoms. The van der Waals surface area contributed by atoms with Crippen molar-refractivity contribution in [1.29, 1.82) is 0 Å². The zero-order chi connectivity index (χ0) is 12.4. The van der Waals surface area contributed by atoms with Crippen LogP contribution in [0.25, 0.3) is 0 Å². The minimum atomic E-state index is -4.58. The van der Waals surface area contributed by atoms with Gasteiger partial charge in [0, 0.05) is 6.54 Å². The van der Waals surface area contributed by atoms with E-state index in [0.29, 0.717) is 12.8 Å². The molecule has 0 saturated heterocycles. The Labute approximate surface area is 91.0 Å². The van der Waals surface area contributed by atoms with Gasteiger partial charge in [-0.3, -0.25) is 0 Å². The van der Waals surface area contributed by atoms with Gasteiger partial charge in [-0.25, -0.2) is 0 Å². The van der Waals surface area contributed by atoms with Crippen LogP contribution >= 0.6 is 0 Å². The van der Waals surface area contributed by atoms with Crippen molar-refractivity contribution in [3.8, 4) is 0 Å². The average molecular weight is 237 g/mol. The molecule has 16 heavy (non-hydrogen) atoms. The first-order valence-corrected chi connectivity index (χ1v) is 5.01. The van der Waals surface area contributed by atoms with E-state index in [1.165, 1.54) is 0 Å². The summed E-state index contributed by atoms with van der Waals surface area (Å²) in [4.78, 5) is 3.38. The maximum absolute atomic E-state index is 12.3. The van der Waals surface area contributed by atoms with Crippen LogP contribution in [0.3, 0.4) is 0 Å². The third kappa shape index (κ3) is 2.18. The molecule has 0 aliphatic rings. The second-order valence-corrected chi connectivity index (χ2v) is 3.61. The molecular formula is C9H14F3N3O. The summed E-state index contributed by atoms with van der Waals surface area (Å²) in [6, 6.07) is 0. The zero-order valence-electron chi connectivity index (χ0n) is 9.14. The van der Waals surface area contributed by atoms with E-state index in [0.717, 1.165) is 0 Å². The summed E-state index contributed by atoms with van der Waals surface area (Å²) in [5, 5.41) is 2.93. The smallest absolute Gasteiger partial charge is 0.338 e. The van der Waals surface area contributed by atoms with E-state index in [-0.39, 0.29) is 12.4 Å².